The van der Waals surface area contributed by atoms with Crippen LogP contribution in [0, 0.1) is 6.92 Å². The first-order valence-corrected chi connectivity index (χ1v) is 7.90. The predicted octanol–water partition coefficient (Wildman–Crippen LogP) is 1.17. The van der Waals surface area contributed by atoms with E-state index in [0.717, 1.165) is 38.5 Å². The van der Waals surface area contributed by atoms with Crippen LogP contribution in [0.1, 0.15) is 24.6 Å². The van der Waals surface area contributed by atoms with E-state index >= 15 is 0 Å². The van der Waals surface area contributed by atoms with Gasteiger partial charge in [-0.3, -0.25) is 9.58 Å². The van der Waals surface area contributed by atoms with E-state index in [1.807, 2.05) is 30.1 Å². The quantitative estimate of drug-likeness (QED) is 0.798. The molecule has 0 aromatic carbocycles. The number of likely N-dealkylation sites (N-methyl/N-ethyl adjacent to an activating group) is 1. The van der Waals surface area contributed by atoms with E-state index in [9.17, 15) is 0 Å². The molecule has 0 N–H and O–H groups in total. The first kappa shape index (κ1) is 15.2. The second kappa shape index (κ2) is 7.02. The van der Waals surface area contributed by atoms with E-state index < -0.39 is 0 Å². The Morgan fingerprint density at radius 1 is 1.45 bits per heavy atom. The van der Waals surface area contributed by atoms with E-state index in [1.54, 1.807) is 0 Å². The molecular weight excluding hydrogens is 280 g/mol. The molecule has 1 aliphatic rings. The maximum absolute atomic E-state index is 5.05. The van der Waals surface area contributed by atoms with Crippen molar-refractivity contribution in [2.75, 3.05) is 26.7 Å². The lowest BCUT2D eigenvalue weighted by Crippen LogP contribution is -2.47. The average molecular weight is 304 g/mol. The van der Waals surface area contributed by atoms with Crippen molar-refractivity contribution in [2.24, 2.45) is 0 Å². The van der Waals surface area contributed by atoms with Crippen molar-refractivity contribution in [3.63, 3.8) is 0 Å². The average Bonchev–Trinajstić information content (AvgIpc) is 3.17. The molecule has 0 saturated carbocycles. The summed E-state index contributed by atoms with van der Waals surface area (Å²) in [4.78, 5) is 9.16. The molecule has 0 aliphatic carbocycles. The summed E-state index contributed by atoms with van der Waals surface area (Å²) in [5.41, 5.74) is 0. The Kier molecular flexibility index (Phi) is 4.84. The molecule has 0 radical (unpaired) electrons. The fraction of sp³-hybridized carbons (Fsp3) is 0.667. The van der Waals surface area contributed by atoms with Crippen molar-refractivity contribution >= 4 is 0 Å². The smallest absolute Gasteiger partial charge is 0.223 e. The van der Waals surface area contributed by atoms with Crippen LogP contribution in [0.3, 0.4) is 0 Å². The highest BCUT2D eigenvalue weighted by Crippen LogP contribution is 2.16. The molecule has 1 saturated heterocycles. The van der Waals surface area contributed by atoms with Crippen LogP contribution in [-0.4, -0.2) is 62.4 Å². The Labute approximate surface area is 130 Å². The Hall–Kier alpha value is -1.73. The number of hydrogen-bond acceptors (Lipinski definition) is 6. The van der Waals surface area contributed by atoms with Gasteiger partial charge in [0.1, 0.15) is 0 Å². The van der Waals surface area contributed by atoms with Gasteiger partial charge >= 0.3 is 0 Å². The Bertz CT molecular complexity index is 566. The summed E-state index contributed by atoms with van der Waals surface area (Å²) < 4.78 is 7.04. The third-order valence-electron chi connectivity index (χ3n) is 4.28. The number of nitrogens with zero attached hydrogens (tertiary/aromatic N) is 6. The van der Waals surface area contributed by atoms with Crippen LogP contribution in [0.2, 0.25) is 0 Å². The SMILES string of the molecule is Cc1nc(CN2CCCC(N(C)CCn3cccn3)C2)no1. The molecule has 3 rings (SSSR count). The van der Waals surface area contributed by atoms with Crippen molar-refractivity contribution in [2.45, 2.75) is 38.9 Å². The van der Waals surface area contributed by atoms with Gasteiger partial charge < -0.3 is 9.42 Å². The second-order valence-corrected chi connectivity index (χ2v) is 6.01. The zero-order valence-corrected chi connectivity index (χ0v) is 13.4. The molecule has 1 unspecified atom stereocenters. The van der Waals surface area contributed by atoms with Gasteiger partial charge in [0.25, 0.3) is 0 Å². The summed E-state index contributed by atoms with van der Waals surface area (Å²) in [6.45, 7) is 6.73. The Morgan fingerprint density at radius 2 is 2.36 bits per heavy atom. The molecule has 2 aromatic rings. The van der Waals surface area contributed by atoms with Gasteiger partial charge in [0.05, 0.1) is 13.1 Å². The molecule has 0 spiro atoms. The van der Waals surface area contributed by atoms with E-state index in [-0.39, 0.29) is 0 Å². The zero-order valence-electron chi connectivity index (χ0n) is 13.4. The third-order valence-corrected chi connectivity index (χ3v) is 4.28. The minimum atomic E-state index is 0.581. The molecular formula is C15H24N6O. The summed E-state index contributed by atoms with van der Waals surface area (Å²) in [5.74, 6) is 1.43. The van der Waals surface area contributed by atoms with Crippen LogP contribution in [-0.2, 0) is 13.1 Å². The molecule has 1 atom stereocenters. The number of aromatic nitrogens is 4. The summed E-state index contributed by atoms with van der Waals surface area (Å²) in [6, 6.07) is 2.55. The number of aryl methyl sites for hydroxylation is 1. The molecule has 0 amide bonds. The lowest BCUT2D eigenvalue weighted by Gasteiger charge is -2.37. The monoisotopic (exact) mass is 304 g/mol. The lowest BCUT2D eigenvalue weighted by atomic mass is 10.0. The standard InChI is InChI=1S/C15H24N6O/c1-13-17-15(18-22-13)12-20-7-3-5-14(11-20)19(2)9-10-21-8-4-6-16-21/h4,6,8,14H,3,5,7,9-12H2,1-2H3. The molecule has 1 fully saturated rings. The van der Waals surface area contributed by atoms with Crippen LogP contribution in [0.25, 0.3) is 0 Å². The lowest BCUT2D eigenvalue weighted by molar-refractivity contribution is 0.106. The second-order valence-electron chi connectivity index (χ2n) is 6.01. The van der Waals surface area contributed by atoms with E-state index in [0.29, 0.717) is 11.9 Å². The first-order chi connectivity index (χ1) is 10.7. The largest absolute Gasteiger partial charge is 0.340 e. The normalized spacial score (nSPS) is 19.9. The fourth-order valence-corrected chi connectivity index (χ4v) is 3.02. The van der Waals surface area contributed by atoms with Gasteiger partial charge in [0.15, 0.2) is 5.82 Å². The highest BCUT2D eigenvalue weighted by Gasteiger charge is 2.24. The van der Waals surface area contributed by atoms with E-state index in [2.05, 4.69) is 32.1 Å². The van der Waals surface area contributed by atoms with Gasteiger partial charge in [0, 0.05) is 38.4 Å². The van der Waals surface area contributed by atoms with Gasteiger partial charge in [-0.2, -0.15) is 10.1 Å². The van der Waals surface area contributed by atoms with Gasteiger partial charge in [-0.05, 0) is 32.5 Å². The maximum Gasteiger partial charge on any atom is 0.223 e. The first-order valence-electron chi connectivity index (χ1n) is 7.90. The number of likely N-dealkylation sites (tertiary alicyclic amines) is 1. The molecule has 0 bridgehead atoms. The molecule has 22 heavy (non-hydrogen) atoms. The number of hydrogen-bond donors (Lipinski definition) is 0. The molecule has 7 nitrogen and oxygen atoms in total. The summed E-state index contributed by atoms with van der Waals surface area (Å²) >= 11 is 0. The minimum absolute atomic E-state index is 0.581. The third kappa shape index (κ3) is 3.92. The molecule has 120 valence electrons. The molecule has 2 aromatic heterocycles. The van der Waals surface area contributed by atoms with Crippen LogP contribution in [0.15, 0.2) is 23.0 Å². The maximum atomic E-state index is 5.05. The Balaban J connectivity index is 1.49. The van der Waals surface area contributed by atoms with Crippen LogP contribution >= 0.6 is 0 Å². The van der Waals surface area contributed by atoms with Crippen molar-refractivity contribution in [1.82, 2.24) is 29.7 Å². The summed E-state index contributed by atoms with van der Waals surface area (Å²) in [5, 5.41) is 8.26. The Morgan fingerprint density at radius 3 is 3.09 bits per heavy atom. The topological polar surface area (TPSA) is 63.2 Å². The van der Waals surface area contributed by atoms with E-state index in [1.165, 1.54) is 12.8 Å². The molecule has 7 heteroatoms. The highest BCUT2D eigenvalue weighted by atomic mass is 16.5. The molecule has 1 aliphatic heterocycles. The van der Waals surface area contributed by atoms with Crippen molar-refractivity contribution in [1.29, 1.82) is 0 Å². The van der Waals surface area contributed by atoms with Gasteiger partial charge in [-0.15, -0.1) is 0 Å². The van der Waals surface area contributed by atoms with Crippen molar-refractivity contribution in [3.8, 4) is 0 Å². The number of rotatable bonds is 6. The van der Waals surface area contributed by atoms with Gasteiger partial charge in [-0.25, -0.2) is 0 Å². The van der Waals surface area contributed by atoms with Gasteiger partial charge in [0.2, 0.25) is 5.89 Å². The molecule has 3 heterocycles. The predicted molar refractivity (Wildman–Crippen MR) is 82.2 cm³/mol. The van der Waals surface area contributed by atoms with Crippen molar-refractivity contribution < 1.29 is 4.52 Å². The summed E-state index contributed by atoms with van der Waals surface area (Å²) in [6.07, 6.45) is 6.31. The van der Waals surface area contributed by atoms with Crippen LogP contribution in [0.4, 0.5) is 0 Å². The van der Waals surface area contributed by atoms with E-state index in [4.69, 9.17) is 4.52 Å². The van der Waals surface area contributed by atoms with Crippen LogP contribution < -0.4 is 0 Å². The highest BCUT2D eigenvalue weighted by molar-refractivity contribution is 4.87. The fourth-order valence-electron chi connectivity index (χ4n) is 3.02. The number of piperidine rings is 1. The van der Waals surface area contributed by atoms with Gasteiger partial charge in [-0.1, -0.05) is 5.16 Å². The zero-order chi connectivity index (χ0) is 15.4. The summed E-state index contributed by atoms with van der Waals surface area (Å²) in [7, 11) is 2.20. The van der Waals surface area contributed by atoms with Crippen LogP contribution in [0.5, 0.6) is 0 Å². The van der Waals surface area contributed by atoms with Crippen molar-refractivity contribution in [3.05, 3.63) is 30.2 Å². The minimum Gasteiger partial charge on any atom is -0.340 e.